The van der Waals surface area contributed by atoms with Crippen LogP contribution in [0.1, 0.15) is 26.7 Å². The Morgan fingerprint density at radius 3 is 1.70 bits per heavy atom. The van der Waals surface area contributed by atoms with Crippen molar-refractivity contribution in [1.82, 2.24) is 15.9 Å². The number of carbonyl (C=O) groups is 1. The van der Waals surface area contributed by atoms with Gasteiger partial charge in [0.1, 0.15) is 0 Å². The van der Waals surface area contributed by atoms with Gasteiger partial charge in [-0.25, -0.2) is 15.8 Å². The zero-order valence-corrected chi connectivity index (χ0v) is 12.4. The van der Waals surface area contributed by atoms with Crippen LogP contribution in [0.15, 0.2) is 25.6 Å². The Morgan fingerprint density at radius 1 is 1.10 bits per heavy atom. The highest BCUT2D eigenvalue weighted by atomic mass is 16.7. The Labute approximate surface area is 121 Å². The maximum atomic E-state index is 9.94. The number of nitrogens with zero attached hydrogens (tertiary/aromatic N) is 1. The normalized spacial score (nSPS) is 9.30. The molecular formula is C13H27N3O4. The number of nitrogens with one attached hydrogen (secondary N) is 2. The summed E-state index contributed by atoms with van der Waals surface area (Å²) in [7, 11) is 0. The van der Waals surface area contributed by atoms with Crippen LogP contribution in [0.2, 0.25) is 0 Å². The predicted molar refractivity (Wildman–Crippen MR) is 78.7 cm³/mol. The molecular weight excluding hydrogens is 262 g/mol. The fourth-order valence-electron chi connectivity index (χ4n) is 0.807. The average Bonchev–Trinajstić information content (AvgIpc) is 2.43. The van der Waals surface area contributed by atoms with Gasteiger partial charge in [-0.05, 0) is 12.8 Å². The Hall–Kier alpha value is -1.41. The first-order chi connectivity index (χ1) is 9.63. The number of hydrogen-bond donors (Lipinski definition) is 3. The maximum absolute atomic E-state index is 9.94. The van der Waals surface area contributed by atoms with Crippen LogP contribution in [0.5, 0.6) is 0 Å². The van der Waals surface area contributed by atoms with E-state index in [0.717, 1.165) is 43.2 Å². The predicted octanol–water partition coefficient (Wildman–Crippen LogP) is 2.10. The van der Waals surface area contributed by atoms with Gasteiger partial charge in [0.05, 0.1) is 13.2 Å². The quantitative estimate of drug-likeness (QED) is 0.399. The number of carboxylic acid groups (broad SMARTS) is 1. The van der Waals surface area contributed by atoms with Crippen LogP contribution >= 0.6 is 0 Å². The highest BCUT2D eigenvalue weighted by molar-refractivity contribution is 5.67. The van der Waals surface area contributed by atoms with Crippen LogP contribution in [-0.2, 0) is 9.68 Å². The first kappa shape index (κ1) is 20.9. The Morgan fingerprint density at radius 2 is 1.50 bits per heavy atom. The van der Waals surface area contributed by atoms with E-state index < -0.39 is 6.09 Å². The van der Waals surface area contributed by atoms with E-state index in [1.54, 1.807) is 0 Å². The standard InChI is InChI=1S/C8H20N2O2.C5H7NO2/c1-3-5-9-11-7-8-12-10-6-4-2;1-3-6(4-2)5(7)8/h9-10H,3-8H2,1-2H3;3-4H,1-2H2,(H,7,8). The smallest absolute Gasteiger partial charge is 0.415 e. The zero-order chi connectivity index (χ0) is 15.6. The molecule has 0 aromatic heterocycles. The highest BCUT2D eigenvalue weighted by Crippen LogP contribution is 1.86. The van der Waals surface area contributed by atoms with E-state index in [0.29, 0.717) is 13.2 Å². The Bertz CT molecular complexity index is 232. The second-order valence-corrected chi connectivity index (χ2v) is 3.54. The van der Waals surface area contributed by atoms with E-state index >= 15 is 0 Å². The third-order valence-electron chi connectivity index (χ3n) is 1.81. The molecule has 0 radical (unpaired) electrons. The second kappa shape index (κ2) is 17.6. The summed E-state index contributed by atoms with van der Waals surface area (Å²) < 4.78 is 0. The van der Waals surface area contributed by atoms with Crippen LogP contribution in [0, 0.1) is 0 Å². The van der Waals surface area contributed by atoms with Crippen molar-refractivity contribution in [3.05, 3.63) is 25.6 Å². The first-order valence-corrected chi connectivity index (χ1v) is 6.59. The summed E-state index contributed by atoms with van der Waals surface area (Å²) in [6.45, 7) is 13.6. The minimum absolute atomic E-state index is 0.580. The molecule has 0 aliphatic carbocycles. The molecule has 118 valence electrons. The van der Waals surface area contributed by atoms with Crippen molar-refractivity contribution < 1.29 is 19.6 Å². The molecule has 0 heterocycles. The minimum Gasteiger partial charge on any atom is -0.464 e. The minimum atomic E-state index is -1.07. The number of hydroxylamine groups is 2. The molecule has 0 aliphatic rings. The van der Waals surface area contributed by atoms with Gasteiger partial charge in [0, 0.05) is 25.5 Å². The summed E-state index contributed by atoms with van der Waals surface area (Å²) in [5, 5.41) is 8.16. The monoisotopic (exact) mass is 289 g/mol. The molecule has 0 rings (SSSR count). The summed E-state index contributed by atoms with van der Waals surface area (Å²) in [6.07, 6.45) is 3.41. The molecule has 0 bridgehead atoms. The van der Waals surface area contributed by atoms with E-state index in [1.807, 2.05) is 0 Å². The zero-order valence-electron chi connectivity index (χ0n) is 12.4. The molecule has 0 aromatic carbocycles. The number of amides is 1. The molecule has 0 spiro atoms. The molecule has 20 heavy (non-hydrogen) atoms. The van der Waals surface area contributed by atoms with Crippen molar-refractivity contribution in [3.8, 4) is 0 Å². The molecule has 0 aromatic rings. The van der Waals surface area contributed by atoms with Crippen molar-refractivity contribution in [2.45, 2.75) is 26.7 Å². The van der Waals surface area contributed by atoms with E-state index in [1.165, 1.54) is 0 Å². The van der Waals surface area contributed by atoms with Gasteiger partial charge in [-0.2, -0.15) is 0 Å². The summed E-state index contributed by atoms with van der Waals surface area (Å²) in [5.41, 5.74) is 5.64. The van der Waals surface area contributed by atoms with Crippen molar-refractivity contribution in [2.24, 2.45) is 0 Å². The molecule has 0 fully saturated rings. The molecule has 7 heteroatoms. The SMILES string of the molecule is C=CN(C=C)C(=O)O.CCCNOCCONCCC. The van der Waals surface area contributed by atoms with E-state index in [2.05, 4.69) is 38.0 Å². The van der Waals surface area contributed by atoms with Crippen molar-refractivity contribution >= 4 is 6.09 Å². The van der Waals surface area contributed by atoms with Crippen LogP contribution in [0.3, 0.4) is 0 Å². The fourth-order valence-corrected chi connectivity index (χ4v) is 0.807. The molecule has 3 N–H and O–H groups in total. The van der Waals surface area contributed by atoms with Gasteiger partial charge in [0.25, 0.3) is 0 Å². The summed E-state index contributed by atoms with van der Waals surface area (Å²) in [4.78, 5) is 20.9. The van der Waals surface area contributed by atoms with E-state index in [9.17, 15) is 4.79 Å². The summed E-state index contributed by atoms with van der Waals surface area (Å²) in [5.74, 6) is 0. The van der Waals surface area contributed by atoms with Gasteiger partial charge in [-0.1, -0.05) is 27.0 Å². The van der Waals surface area contributed by atoms with Crippen LogP contribution in [0.25, 0.3) is 0 Å². The largest absolute Gasteiger partial charge is 0.464 e. The van der Waals surface area contributed by atoms with Crippen molar-refractivity contribution in [3.63, 3.8) is 0 Å². The molecule has 0 aliphatic heterocycles. The summed E-state index contributed by atoms with van der Waals surface area (Å²) in [6, 6.07) is 0. The van der Waals surface area contributed by atoms with E-state index in [-0.39, 0.29) is 0 Å². The number of hydrogen-bond acceptors (Lipinski definition) is 5. The first-order valence-electron chi connectivity index (χ1n) is 6.59. The Balaban J connectivity index is 0. The van der Waals surface area contributed by atoms with Gasteiger partial charge >= 0.3 is 6.09 Å². The van der Waals surface area contributed by atoms with Crippen LogP contribution in [-0.4, -0.2) is 42.4 Å². The van der Waals surface area contributed by atoms with Crippen molar-refractivity contribution in [1.29, 1.82) is 0 Å². The lowest BCUT2D eigenvalue weighted by Gasteiger charge is -2.05. The van der Waals surface area contributed by atoms with Gasteiger partial charge in [0.15, 0.2) is 0 Å². The molecule has 0 saturated carbocycles. The fraction of sp³-hybridized carbons (Fsp3) is 0.615. The second-order valence-electron chi connectivity index (χ2n) is 3.54. The molecule has 7 nitrogen and oxygen atoms in total. The third kappa shape index (κ3) is 16.6. The van der Waals surface area contributed by atoms with Crippen molar-refractivity contribution in [2.75, 3.05) is 26.3 Å². The lowest BCUT2D eigenvalue weighted by Crippen LogP contribution is -2.22. The van der Waals surface area contributed by atoms with Crippen LogP contribution in [0.4, 0.5) is 4.79 Å². The Kier molecular flexibility index (Phi) is 18.4. The molecule has 0 atom stereocenters. The third-order valence-corrected chi connectivity index (χ3v) is 1.81. The average molecular weight is 289 g/mol. The van der Waals surface area contributed by atoms with Gasteiger partial charge < -0.3 is 5.11 Å². The van der Waals surface area contributed by atoms with Crippen LogP contribution < -0.4 is 11.0 Å². The lowest BCUT2D eigenvalue weighted by molar-refractivity contribution is -0.0354. The van der Waals surface area contributed by atoms with E-state index in [4.69, 9.17) is 14.8 Å². The summed E-state index contributed by atoms with van der Waals surface area (Å²) >= 11 is 0. The number of rotatable bonds is 11. The van der Waals surface area contributed by atoms with Gasteiger partial charge in [0.2, 0.25) is 0 Å². The molecule has 0 unspecified atom stereocenters. The topological polar surface area (TPSA) is 83.1 Å². The maximum Gasteiger partial charge on any atom is 0.415 e. The van der Waals surface area contributed by atoms with Gasteiger partial charge in [-0.15, -0.1) is 0 Å². The molecule has 1 amide bonds. The van der Waals surface area contributed by atoms with Gasteiger partial charge in [-0.3, -0.25) is 14.6 Å². The highest BCUT2D eigenvalue weighted by Gasteiger charge is 1.98. The lowest BCUT2D eigenvalue weighted by atomic mass is 10.5. The molecule has 0 saturated heterocycles.